The van der Waals surface area contributed by atoms with Gasteiger partial charge < -0.3 is 15.0 Å². The van der Waals surface area contributed by atoms with Gasteiger partial charge in [0.05, 0.1) is 13.1 Å². The van der Waals surface area contributed by atoms with E-state index in [1.165, 1.54) is 0 Å². The molecule has 0 bridgehead atoms. The number of nitrogens with one attached hydrogen (secondary N) is 1. The number of hydrogen-bond donors (Lipinski definition) is 1. The van der Waals surface area contributed by atoms with Crippen LogP contribution in [0.2, 0.25) is 0 Å². The maximum atomic E-state index is 6.00. The maximum absolute atomic E-state index is 6.00. The van der Waals surface area contributed by atoms with Gasteiger partial charge in [0.25, 0.3) is 0 Å². The van der Waals surface area contributed by atoms with E-state index in [1.807, 2.05) is 57.1 Å². The van der Waals surface area contributed by atoms with Gasteiger partial charge >= 0.3 is 0 Å². The predicted molar refractivity (Wildman–Crippen MR) is 115 cm³/mol. The molecule has 0 aliphatic carbocycles. The van der Waals surface area contributed by atoms with Crippen molar-refractivity contribution in [2.24, 2.45) is 12.0 Å². The van der Waals surface area contributed by atoms with Crippen molar-refractivity contribution in [1.82, 2.24) is 25.0 Å². The van der Waals surface area contributed by atoms with Gasteiger partial charge in [0.2, 0.25) is 0 Å². The van der Waals surface area contributed by atoms with Crippen molar-refractivity contribution in [3.05, 3.63) is 42.0 Å². The van der Waals surface area contributed by atoms with Crippen molar-refractivity contribution in [2.45, 2.75) is 33.4 Å². The van der Waals surface area contributed by atoms with Gasteiger partial charge in [-0.15, -0.1) is 24.0 Å². The molecule has 0 saturated carbocycles. The fraction of sp³-hybridized carbons (Fsp3) is 0.500. The van der Waals surface area contributed by atoms with E-state index in [0.717, 1.165) is 29.6 Å². The van der Waals surface area contributed by atoms with Crippen molar-refractivity contribution >= 4 is 29.9 Å². The first-order valence-corrected chi connectivity index (χ1v) is 8.55. The van der Waals surface area contributed by atoms with Gasteiger partial charge in [-0.05, 0) is 32.4 Å². The van der Waals surface area contributed by atoms with Crippen LogP contribution >= 0.6 is 24.0 Å². The average molecular weight is 472 g/mol. The predicted octanol–water partition coefficient (Wildman–Crippen LogP) is 2.61. The number of ether oxygens (including phenoxy) is 1. The molecule has 0 saturated heterocycles. The van der Waals surface area contributed by atoms with Crippen LogP contribution < -0.4 is 10.1 Å². The molecule has 1 N–H and O–H groups in total. The molecule has 1 aromatic heterocycles. The number of rotatable bonds is 7. The summed E-state index contributed by atoms with van der Waals surface area (Å²) in [6.07, 6.45) is 1.55. The zero-order valence-electron chi connectivity index (χ0n) is 16.1. The largest absolute Gasteiger partial charge is 0.489 e. The zero-order chi connectivity index (χ0) is 18.2. The third-order valence-corrected chi connectivity index (χ3v) is 3.80. The van der Waals surface area contributed by atoms with Gasteiger partial charge in [0.1, 0.15) is 24.0 Å². The number of para-hydroxylation sites is 1. The van der Waals surface area contributed by atoms with Crippen LogP contribution in [0.4, 0.5) is 0 Å². The summed E-state index contributed by atoms with van der Waals surface area (Å²) in [5.41, 5.74) is 1.13. The fourth-order valence-electron chi connectivity index (χ4n) is 2.38. The summed E-state index contributed by atoms with van der Waals surface area (Å²) in [6, 6.07) is 8.03. The standard InChI is InChI=1S/C18H28N6O.HI/c1-6-19-18(23(4)12-17-21-13-22-24(17)5)20-11-15(3)25-16-10-8-7-9-14(16)2;/h7-10,13,15H,6,11-12H2,1-5H3,(H,19,20);1H. The lowest BCUT2D eigenvalue weighted by atomic mass is 10.2. The normalized spacial score (nSPS) is 12.3. The Morgan fingerprint density at radius 1 is 1.38 bits per heavy atom. The van der Waals surface area contributed by atoms with Crippen LogP contribution in [-0.4, -0.2) is 51.9 Å². The van der Waals surface area contributed by atoms with Crippen LogP contribution in [-0.2, 0) is 13.6 Å². The zero-order valence-corrected chi connectivity index (χ0v) is 18.5. The van der Waals surface area contributed by atoms with Crippen molar-refractivity contribution < 1.29 is 4.74 Å². The van der Waals surface area contributed by atoms with Gasteiger partial charge in [-0.2, -0.15) is 5.10 Å². The van der Waals surface area contributed by atoms with Crippen LogP contribution in [0.3, 0.4) is 0 Å². The summed E-state index contributed by atoms with van der Waals surface area (Å²) in [7, 11) is 3.88. The molecule has 144 valence electrons. The SMILES string of the molecule is CCNC(=NCC(C)Oc1ccccc1C)N(C)Cc1ncnn1C.I. The lowest BCUT2D eigenvalue weighted by molar-refractivity contribution is 0.228. The molecule has 0 fully saturated rings. The Balaban J connectivity index is 0.00000338. The molecule has 8 heteroatoms. The van der Waals surface area contributed by atoms with Gasteiger partial charge in [0.15, 0.2) is 5.96 Å². The summed E-state index contributed by atoms with van der Waals surface area (Å²) in [4.78, 5) is 11.0. The molecular formula is C18H29IN6O. The summed E-state index contributed by atoms with van der Waals surface area (Å²) in [6.45, 7) is 8.13. The molecule has 1 unspecified atom stereocenters. The highest BCUT2D eigenvalue weighted by molar-refractivity contribution is 14.0. The number of aryl methyl sites for hydroxylation is 2. The first-order valence-electron chi connectivity index (χ1n) is 8.55. The van der Waals surface area contributed by atoms with Crippen molar-refractivity contribution in [1.29, 1.82) is 0 Å². The van der Waals surface area contributed by atoms with Crippen molar-refractivity contribution in [2.75, 3.05) is 20.1 Å². The van der Waals surface area contributed by atoms with E-state index in [0.29, 0.717) is 13.1 Å². The number of aliphatic imine (C=N–C) groups is 1. The number of hydrogen-bond acceptors (Lipinski definition) is 4. The Labute approximate surface area is 172 Å². The number of aromatic nitrogens is 3. The summed E-state index contributed by atoms with van der Waals surface area (Å²) >= 11 is 0. The lowest BCUT2D eigenvalue weighted by Crippen LogP contribution is -2.39. The Kier molecular flexibility index (Phi) is 9.39. The van der Waals surface area contributed by atoms with Crippen LogP contribution in [0.25, 0.3) is 0 Å². The molecule has 2 aromatic rings. The minimum atomic E-state index is -0.0158. The van der Waals surface area contributed by atoms with E-state index >= 15 is 0 Å². The van der Waals surface area contributed by atoms with Crippen LogP contribution in [0.5, 0.6) is 5.75 Å². The van der Waals surface area contributed by atoms with E-state index in [4.69, 9.17) is 9.73 Å². The van der Waals surface area contributed by atoms with Gasteiger partial charge in [-0.1, -0.05) is 18.2 Å². The molecule has 26 heavy (non-hydrogen) atoms. The van der Waals surface area contributed by atoms with Crippen molar-refractivity contribution in [3.63, 3.8) is 0 Å². The molecule has 0 radical (unpaired) electrons. The van der Waals surface area contributed by atoms with E-state index in [-0.39, 0.29) is 30.1 Å². The topological polar surface area (TPSA) is 67.6 Å². The Bertz CT molecular complexity index is 702. The number of halogens is 1. The average Bonchev–Trinajstić information content (AvgIpc) is 2.98. The molecule has 1 aromatic carbocycles. The molecule has 0 amide bonds. The number of benzene rings is 1. The van der Waals surface area contributed by atoms with Crippen LogP contribution in [0, 0.1) is 6.92 Å². The number of guanidine groups is 1. The molecule has 7 nitrogen and oxygen atoms in total. The second-order valence-electron chi connectivity index (χ2n) is 6.04. The van der Waals surface area contributed by atoms with Gasteiger partial charge in [-0.25, -0.2) is 9.98 Å². The summed E-state index contributed by atoms with van der Waals surface area (Å²) in [5.74, 6) is 2.62. The molecule has 0 aliphatic rings. The monoisotopic (exact) mass is 472 g/mol. The van der Waals surface area contributed by atoms with Crippen LogP contribution in [0.1, 0.15) is 25.2 Å². The number of nitrogens with zero attached hydrogens (tertiary/aromatic N) is 5. The minimum absolute atomic E-state index is 0. The van der Waals surface area contributed by atoms with E-state index < -0.39 is 0 Å². The molecule has 2 rings (SSSR count). The Morgan fingerprint density at radius 2 is 2.12 bits per heavy atom. The lowest BCUT2D eigenvalue weighted by Gasteiger charge is -2.22. The first kappa shape index (κ1) is 22.2. The molecule has 1 heterocycles. The van der Waals surface area contributed by atoms with E-state index in [2.05, 4.69) is 22.3 Å². The quantitative estimate of drug-likeness (QED) is 0.381. The van der Waals surface area contributed by atoms with E-state index in [9.17, 15) is 0 Å². The summed E-state index contributed by atoms with van der Waals surface area (Å²) in [5, 5.41) is 7.41. The van der Waals surface area contributed by atoms with Gasteiger partial charge in [0, 0.05) is 20.6 Å². The molecule has 0 aliphatic heterocycles. The van der Waals surface area contributed by atoms with E-state index in [1.54, 1.807) is 11.0 Å². The molecule has 1 atom stereocenters. The highest BCUT2D eigenvalue weighted by atomic mass is 127. The van der Waals surface area contributed by atoms with Crippen LogP contribution in [0.15, 0.2) is 35.6 Å². The maximum Gasteiger partial charge on any atom is 0.194 e. The summed E-state index contributed by atoms with van der Waals surface area (Å²) < 4.78 is 7.77. The Hall–Kier alpha value is -1.84. The second-order valence-corrected chi connectivity index (χ2v) is 6.04. The highest BCUT2D eigenvalue weighted by Gasteiger charge is 2.11. The Morgan fingerprint density at radius 3 is 2.73 bits per heavy atom. The highest BCUT2D eigenvalue weighted by Crippen LogP contribution is 2.17. The minimum Gasteiger partial charge on any atom is -0.489 e. The first-order chi connectivity index (χ1) is 12.0. The van der Waals surface area contributed by atoms with Crippen molar-refractivity contribution in [3.8, 4) is 5.75 Å². The third kappa shape index (κ3) is 6.47. The molecule has 0 spiro atoms. The smallest absolute Gasteiger partial charge is 0.194 e. The second kappa shape index (κ2) is 11.0. The third-order valence-electron chi connectivity index (χ3n) is 3.80. The fourth-order valence-corrected chi connectivity index (χ4v) is 2.38. The van der Waals surface area contributed by atoms with Gasteiger partial charge in [-0.3, -0.25) is 4.68 Å². The molecular weight excluding hydrogens is 443 g/mol.